The molecule has 1 aliphatic carbocycles. The van der Waals surface area contributed by atoms with Crippen molar-refractivity contribution in [2.75, 3.05) is 33.3 Å². The molecular formula is C18H29Cl2N3O3. The lowest BCUT2D eigenvalue weighted by Crippen LogP contribution is -2.47. The van der Waals surface area contributed by atoms with Crippen LogP contribution in [0.15, 0.2) is 18.2 Å². The topological polar surface area (TPSA) is 67.6 Å². The summed E-state index contributed by atoms with van der Waals surface area (Å²) in [7, 11) is 1.48. The number of nitrogens with zero attached hydrogens (tertiary/aromatic N) is 2. The number of nitro groups is 1. The van der Waals surface area contributed by atoms with Gasteiger partial charge in [0.2, 0.25) is 0 Å². The lowest BCUT2D eigenvalue weighted by molar-refractivity contribution is -0.385. The van der Waals surface area contributed by atoms with E-state index >= 15 is 0 Å². The van der Waals surface area contributed by atoms with Gasteiger partial charge in [0.05, 0.1) is 12.0 Å². The zero-order chi connectivity index (χ0) is 16.9. The molecule has 3 rings (SSSR count). The molecule has 1 saturated heterocycles. The van der Waals surface area contributed by atoms with Gasteiger partial charge in [-0.2, -0.15) is 0 Å². The molecule has 0 aromatic heterocycles. The van der Waals surface area contributed by atoms with Crippen LogP contribution < -0.4 is 10.1 Å². The molecule has 148 valence electrons. The van der Waals surface area contributed by atoms with Crippen molar-refractivity contribution < 1.29 is 9.66 Å². The molecule has 1 atom stereocenters. The van der Waals surface area contributed by atoms with Crippen molar-refractivity contribution in [3.63, 3.8) is 0 Å². The Bertz CT molecular complexity index is 559. The molecule has 1 heterocycles. The van der Waals surface area contributed by atoms with Crippen molar-refractivity contribution in [2.45, 2.75) is 38.1 Å². The third-order valence-electron chi connectivity index (χ3n) is 5.38. The fourth-order valence-corrected chi connectivity index (χ4v) is 4.22. The summed E-state index contributed by atoms with van der Waals surface area (Å²) in [5.41, 5.74) is 1.14. The first-order valence-electron chi connectivity index (χ1n) is 8.98. The molecule has 6 nitrogen and oxygen atoms in total. The van der Waals surface area contributed by atoms with Crippen molar-refractivity contribution >= 4 is 30.5 Å². The minimum Gasteiger partial charge on any atom is -0.490 e. The summed E-state index contributed by atoms with van der Waals surface area (Å²) < 4.78 is 5.17. The molecule has 1 N–H and O–H groups in total. The molecule has 2 fully saturated rings. The number of nitro benzene ring substituents is 1. The maximum atomic E-state index is 11.4. The number of ether oxygens (including phenoxy) is 1. The Hall–Kier alpha value is -1.08. The van der Waals surface area contributed by atoms with Crippen LogP contribution in [0.3, 0.4) is 0 Å². The van der Waals surface area contributed by atoms with Gasteiger partial charge in [0.15, 0.2) is 5.75 Å². The molecule has 0 bridgehead atoms. The average Bonchev–Trinajstić information content (AvgIpc) is 2.63. The lowest BCUT2D eigenvalue weighted by atomic mass is 9.80. The maximum Gasteiger partial charge on any atom is 0.311 e. The Balaban J connectivity index is 0.00000169. The van der Waals surface area contributed by atoms with Crippen LogP contribution in [0, 0.1) is 16.0 Å². The Labute approximate surface area is 167 Å². The van der Waals surface area contributed by atoms with E-state index in [1.807, 2.05) is 6.07 Å². The van der Waals surface area contributed by atoms with Gasteiger partial charge in [-0.05, 0) is 30.4 Å². The molecule has 1 saturated carbocycles. The zero-order valence-electron chi connectivity index (χ0n) is 15.2. The minimum atomic E-state index is -0.335. The molecule has 1 aromatic carbocycles. The molecular weight excluding hydrogens is 377 g/mol. The molecule has 0 unspecified atom stereocenters. The fraction of sp³-hybridized carbons (Fsp3) is 0.667. The van der Waals surface area contributed by atoms with E-state index in [9.17, 15) is 10.1 Å². The standard InChI is InChI=1S/C18H27N3O3.2ClH/c1-24-17-8-7-15(13-16(17)21(22)23)18(14-5-3-2-4-6-14)20-11-9-19-10-12-20;;/h7-8,13-14,18-19H,2-6,9-12H2,1H3;2*1H/t18-;;/m0../s1. The molecule has 1 aliphatic heterocycles. The van der Waals surface area contributed by atoms with Crippen molar-refractivity contribution in [3.05, 3.63) is 33.9 Å². The summed E-state index contributed by atoms with van der Waals surface area (Å²) in [4.78, 5) is 13.6. The Kier molecular flexibility index (Phi) is 9.64. The molecule has 0 spiro atoms. The molecule has 8 heteroatoms. The van der Waals surface area contributed by atoms with E-state index < -0.39 is 0 Å². The highest BCUT2D eigenvalue weighted by Crippen LogP contribution is 2.40. The highest BCUT2D eigenvalue weighted by atomic mass is 35.5. The van der Waals surface area contributed by atoms with Crippen molar-refractivity contribution in [2.24, 2.45) is 5.92 Å². The molecule has 2 aliphatic rings. The van der Waals surface area contributed by atoms with Crippen LogP contribution >= 0.6 is 24.8 Å². The van der Waals surface area contributed by atoms with Gasteiger partial charge in [-0.25, -0.2) is 0 Å². The summed E-state index contributed by atoms with van der Waals surface area (Å²) >= 11 is 0. The van der Waals surface area contributed by atoms with Gasteiger partial charge < -0.3 is 10.1 Å². The monoisotopic (exact) mass is 405 g/mol. The second-order valence-electron chi connectivity index (χ2n) is 6.82. The van der Waals surface area contributed by atoms with E-state index in [1.165, 1.54) is 39.2 Å². The predicted octanol–water partition coefficient (Wildman–Crippen LogP) is 3.97. The number of hydrogen-bond donors (Lipinski definition) is 1. The third-order valence-corrected chi connectivity index (χ3v) is 5.38. The van der Waals surface area contributed by atoms with Crippen molar-refractivity contribution in [1.82, 2.24) is 10.2 Å². The Morgan fingerprint density at radius 2 is 1.85 bits per heavy atom. The number of piperazine rings is 1. The van der Waals surface area contributed by atoms with Crippen molar-refractivity contribution in [3.8, 4) is 5.75 Å². The summed E-state index contributed by atoms with van der Waals surface area (Å²) in [5.74, 6) is 0.927. The molecule has 0 amide bonds. The van der Waals surface area contributed by atoms with Gasteiger partial charge in [-0.3, -0.25) is 15.0 Å². The van der Waals surface area contributed by atoms with Gasteiger partial charge in [0.1, 0.15) is 0 Å². The number of halogens is 2. The Morgan fingerprint density at radius 1 is 1.19 bits per heavy atom. The van der Waals surface area contributed by atoms with Crippen molar-refractivity contribution in [1.29, 1.82) is 0 Å². The molecule has 0 radical (unpaired) electrons. The number of methoxy groups -OCH3 is 1. The maximum absolute atomic E-state index is 11.4. The second kappa shape index (κ2) is 10.9. The van der Waals surface area contributed by atoms with Crippen LogP contribution in [0.25, 0.3) is 0 Å². The summed E-state index contributed by atoms with van der Waals surface area (Å²) in [6.45, 7) is 3.98. The van der Waals surface area contributed by atoms with Gasteiger partial charge in [-0.15, -0.1) is 24.8 Å². The zero-order valence-corrected chi connectivity index (χ0v) is 16.8. The average molecular weight is 406 g/mol. The first-order valence-corrected chi connectivity index (χ1v) is 8.98. The van der Waals surface area contributed by atoms with Gasteiger partial charge >= 0.3 is 5.69 Å². The van der Waals surface area contributed by atoms with E-state index in [0.717, 1.165) is 31.7 Å². The largest absolute Gasteiger partial charge is 0.490 e. The first kappa shape index (κ1) is 23.0. The van der Waals surface area contributed by atoms with Crippen LogP contribution in [-0.4, -0.2) is 43.1 Å². The normalized spacial score (nSPS) is 19.7. The number of benzene rings is 1. The summed E-state index contributed by atoms with van der Waals surface area (Å²) in [5, 5.41) is 14.8. The molecule has 1 aromatic rings. The van der Waals surface area contributed by atoms with Gasteiger partial charge in [0.25, 0.3) is 0 Å². The van der Waals surface area contributed by atoms with E-state index in [4.69, 9.17) is 4.74 Å². The van der Waals surface area contributed by atoms with E-state index in [2.05, 4.69) is 10.2 Å². The Morgan fingerprint density at radius 3 is 2.42 bits per heavy atom. The summed E-state index contributed by atoms with van der Waals surface area (Å²) in [6.07, 6.45) is 6.29. The van der Waals surface area contributed by atoms with Crippen LogP contribution in [-0.2, 0) is 0 Å². The summed E-state index contributed by atoms with van der Waals surface area (Å²) in [6, 6.07) is 5.79. The van der Waals surface area contributed by atoms with E-state index in [0.29, 0.717) is 11.7 Å². The highest BCUT2D eigenvalue weighted by Gasteiger charge is 2.32. The SMILES string of the molecule is COc1ccc([C@H](C2CCCCC2)N2CCNCC2)cc1[N+](=O)[O-].Cl.Cl. The van der Waals surface area contributed by atoms with Crippen LogP contribution in [0.4, 0.5) is 5.69 Å². The second-order valence-corrected chi connectivity index (χ2v) is 6.82. The number of nitrogens with one attached hydrogen (secondary N) is 1. The highest BCUT2D eigenvalue weighted by molar-refractivity contribution is 5.85. The van der Waals surface area contributed by atoms with E-state index in [-0.39, 0.29) is 41.5 Å². The quantitative estimate of drug-likeness (QED) is 0.592. The fourth-order valence-electron chi connectivity index (χ4n) is 4.22. The molecule has 26 heavy (non-hydrogen) atoms. The van der Waals surface area contributed by atoms with Crippen LogP contribution in [0.2, 0.25) is 0 Å². The first-order chi connectivity index (χ1) is 11.7. The number of rotatable bonds is 5. The van der Waals surface area contributed by atoms with Crippen LogP contribution in [0.5, 0.6) is 5.75 Å². The van der Waals surface area contributed by atoms with Gasteiger partial charge in [-0.1, -0.05) is 25.3 Å². The predicted molar refractivity (Wildman–Crippen MR) is 108 cm³/mol. The number of hydrogen-bond acceptors (Lipinski definition) is 5. The van der Waals surface area contributed by atoms with Gasteiger partial charge in [0, 0.05) is 38.3 Å². The minimum absolute atomic E-state index is 0. The van der Waals surface area contributed by atoms with E-state index in [1.54, 1.807) is 12.1 Å². The third kappa shape index (κ3) is 5.22. The lowest BCUT2D eigenvalue weighted by Gasteiger charge is -2.41. The van der Waals surface area contributed by atoms with Crippen LogP contribution in [0.1, 0.15) is 43.7 Å². The smallest absolute Gasteiger partial charge is 0.311 e.